The number of nitrogens with zero attached hydrogens (tertiary/aromatic N) is 4. The molecule has 3 aromatic carbocycles. The van der Waals surface area contributed by atoms with Gasteiger partial charge in [0.1, 0.15) is 11.9 Å². The molecule has 0 radical (unpaired) electrons. The van der Waals surface area contributed by atoms with Crippen molar-refractivity contribution in [2.24, 2.45) is 7.05 Å². The summed E-state index contributed by atoms with van der Waals surface area (Å²) < 4.78 is 23.2. The van der Waals surface area contributed by atoms with Gasteiger partial charge in [0.2, 0.25) is 5.75 Å². The van der Waals surface area contributed by atoms with Crippen molar-refractivity contribution < 1.29 is 33.5 Å². The third-order valence-electron chi connectivity index (χ3n) is 8.06. The predicted molar refractivity (Wildman–Crippen MR) is 171 cm³/mol. The van der Waals surface area contributed by atoms with Gasteiger partial charge in [-0.2, -0.15) is 0 Å². The molecule has 238 valence electrons. The van der Waals surface area contributed by atoms with Gasteiger partial charge in [-0.05, 0) is 34.1 Å². The standard InChI is InChI=1S/C31H29ClN6O8/c1-36-18(13-33-30(36)38(41)42)15-46-31(40)35-21-11-23-25(20-8-6-5-7-19(20)21)17(12-32)14-37(23)29(39)22-9-16-10-24(43-2)27(44-3)28(45-4)26(16)34-22/h5-11,13,17,34H,12,14-15H2,1-4H3,(H,35,40)/t17-/m1/s1. The summed E-state index contributed by atoms with van der Waals surface area (Å²) in [6, 6.07) is 12.7. The first-order chi connectivity index (χ1) is 22.2. The second-order valence-electron chi connectivity index (χ2n) is 10.5. The number of rotatable bonds is 9. The minimum Gasteiger partial charge on any atom is -0.493 e. The molecule has 1 atom stereocenters. The number of imidazole rings is 1. The van der Waals surface area contributed by atoms with Crippen LogP contribution in [-0.4, -0.2) is 65.2 Å². The first kappa shape index (κ1) is 30.5. The number of anilines is 2. The number of fused-ring (bicyclic) bond motifs is 4. The van der Waals surface area contributed by atoms with Crippen LogP contribution in [0.1, 0.15) is 27.7 Å². The summed E-state index contributed by atoms with van der Waals surface area (Å²) in [7, 11) is 5.99. The summed E-state index contributed by atoms with van der Waals surface area (Å²) in [5, 5.41) is 16.1. The molecule has 2 amide bonds. The maximum absolute atomic E-state index is 14.1. The molecule has 2 aromatic heterocycles. The number of carbonyl (C=O) groups excluding carboxylic acids is 2. The lowest BCUT2D eigenvalue weighted by Crippen LogP contribution is -2.30. The van der Waals surface area contributed by atoms with Crippen molar-refractivity contribution in [3.63, 3.8) is 0 Å². The van der Waals surface area contributed by atoms with E-state index in [1.54, 1.807) is 23.1 Å². The van der Waals surface area contributed by atoms with Gasteiger partial charge in [0.05, 0.1) is 45.3 Å². The number of nitro groups is 1. The van der Waals surface area contributed by atoms with Crippen molar-refractivity contribution in [1.82, 2.24) is 14.5 Å². The molecule has 0 aliphatic carbocycles. The number of benzene rings is 3. The number of halogens is 1. The van der Waals surface area contributed by atoms with Gasteiger partial charge < -0.3 is 38.9 Å². The fraction of sp³-hybridized carbons (Fsp3) is 0.258. The molecule has 2 N–H and O–H groups in total. The Hall–Kier alpha value is -5.50. The van der Waals surface area contributed by atoms with E-state index in [1.807, 2.05) is 24.3 Å². The van der Waals surface area contributed by atoms with E-state index in [9.17, 15) is 19.7 Å². The summed E-state index contributed by atoms with van der Waals surface area (Å²) >= 11 is 6.45. The highest BCUT2D eigenvalue weighted by molar-refractivity contribution is 6.20. The van der Waals surface area contributed by atoms with Crippen LogP contribution in [0.3, 0.4) is 0 Å². The van der Waals surface area contributed by atoms with Crippen LogP contribution in [0.4, 0.5) is 22.1 Å². The Morgan fingerprint density at radius 1 is 1.11 bits per heavy atom. The average molecular weight is 649 g/mol. The van der Waals surface area contributed by atoms with Crippen molar-refractivity contribution in [3.05, 3.63) is 75.7 Å². The SMILES string of the molecule is COc1cc2cc(C(=O)N3C[C@@H](CCl)c4c3cc(NC(=O)OCc3cnc([N+](=O)[O-])n3C)c3ccccc43)[nH]c2c(OC)c1OC. The van der Waals surface area contributed by atoms with Crippen LogP contribution in [-0.2, 0) is 18.4 Å². The number of alkyl halides is 1. The number of carbonyl (C=O) groups is 2. The largest absolute Gasteiger partial charge is 0.493 e. The van der Waals surface area contributed by atoms with E-state index in [1.165, 1.54) is 39.1 Å². The molecule has 0 fully saturated rings. The van der Waals surface area contributed by atoms with Gasteiger partial charge in [-0.1, -0.05) is 29.2 Å². The summed E-state index contributed by atoms with van der Waals surface area (Å²) in [6.07, 6.45) is 0.488. The van der Waals surface area contributed by atoms with Gasteiger partial charge >= 0.3 is 12.0 Å². The monoisotopic (exact) mass is 648 g/mol. The Kier molecular flexibility index (Phi) is 8.04. The molecule has 14 nitrogen and oxygen atoms in total. The molecule has 15 heteroatoms. The van der Waals surface area contributed by atoms with Crippen molar-refractivity contribution >= 4 is 62.6 Å². The van der Waals surface area contributed by atoms with Crippen molar-refractivity contribution in [2.45, 2.75) is 12.5 Å². The quantitative estimate of drug-likeness (QED) is 0.116. The van der Waals surface area contributed by atoms with E-state index in [2.05, 4.69) is 15.3 Å². The van der Waals surface area contributed by atoms with E-state index in [0.29, 0.717) is 57.5 Å². The van der Waals surface area contributed by atoms with Crippen LogP contribution in [0.15, 0.2) is 48.7 Å². The zero-order valence-electron chi connectivity index (χ0n) is 25.3. The lowest BCUT2D eigenvalue weighted by atomic mass is 9.95. The molecule has 5 aromatic rings. The van der Waals surface area contributed by atoms with Crippen LogP contribution in [0, 0.1) is 10.1 Å². The number of amides is 2. The van der Waals surface area contributed by atoms with Crippen LogP contribution >= 0.6 is 11.6 Å². The number of aromatic nitrogens is 3. The number of methoxy groups -OCH3 is 3. The Balaban J connectivity index is 1.35. The molecule has 46 heavy (non-hydrogen) atoms. The summed E-state index contributed by atoms with van der Waals surface area (Å²) in [4.78, 5) is 46.2. The third-order valence-corrected chi connectivity index (χ3v) is 8.43. The molecule has 0 spiro atoms. The minimum absolute atomic E-state index is 0.175. The third kappa shape index (κ3) is 5.05. The van der Waals surface area contributed by atoms with Crippen molar-refractivity contribution in [1.29, 1.82) is 0 Å². The van der Waals surface area contributed by atoms with Crippen LogP contribution in [0.2, 0.25) is 0 Å². The van der Waals surface area contributed by atoms with E-state index in [4.69, 9.17) is 30.5 Å². The molecule has 1 aliphatic heterocycles. The fourth-order valence-corrected chi connectivity index (χ4v) is 6.15. The first-order valence-corrected chi connectivity index (χ1v) is 14.6. The average Bonchev–Trinajstić information content (AvgIpc) is 3.77. The normalized spacial score (nSPS) is 13.9. The molecule has 3 heterocycles. The molecular weight excluding hydrogens is 620 g/mol. The first-order valence-electron chi connectivity index (χ1n) is 14.0. The Morgan fingerprint density at radius 2 is 1.85 bits per heavy atom. The number of hydrogen-bond acceptors (Lipinski definition) is 9. The molecule has 0 bridgehead atoms. The summed E-state index contributed by atoms with van der Waals surface area (Å²) in [6.45, 7) is 0.0678. The molecule has 0 saturated heterocycles. The van der Waals surface area contributed by atoms with Gasteiger partial charge in [-0.15, -0.1) is 11.6 Å². The number of hydrogen-bond donors (Lipinski definition) is 2. The molecule has 0 saturated carbocycles. The van der Waals surface area contributed by atoms with E-state index in [0.717, 1.165) is 16.3 Å². The van der Waals surface area contributed by atoms with E-state index in [-0.39, 0.29) is 30.3 Å². The van der Waals surface area contributed by atoms with E-state index >= 15 is 0 Å². The van der Waals surface area contributed by atoms with E-state index < -0.39 is 11.0 Å². The molecule has 6 rings (SSSR count). The number of ether oxygens (including phenoxy) is 4. The highest BCUT2D eigenvalue weighted by atomic mass is 35.5. The number of aromatic amines is 1. The zero-order valence-corrected chi connectivity index (χ0v) is 26.0. The van der Waals surface area contributed by atoms with Gasteiger partial charge in [-0.25, -0.2) is 9.36 Å². The lowest BCUT2D eigenvalue weighted by Gasteiger charge is -2.19. The van der Waals surface area contributed by atoms with Gasteiger partial charge in [-0.3, -0.25) is 10.1 Å². The van der Waals surface area contributed by atoms with Gasteiger partial charge in [0, 0.05) is 29.1 Å². The minimum atomic E-state index is -0.788. The molecular formula is C31H29ClN6O8. The zero-order chi connectivity index (χ0) is 32.7. The second-order valence-corrected chi connectivity index (χ2v) is 10.8. The Morgan fingerprint density at radius 3 is 2.50 bits per heavy atom. The van der Waals surface area contributed by atoms with Crippen LogP contribution < -0.4 is 24.4 Å². The summed E-state index contributed by atoms with van der Waals surface area (Å²) in [5.41, 5.74) is 3.10. The van der Waals surface area contributed by atoms with Crippen LogP contribution in [0.25, 0.3) is 21.7 Å². The fourth-order valence-electron chi connectivity index (χ4n) is 5.90. The molecule has 1 aliphatic rings. The second kappa shape index (κ2) is 12.1. The number of nitrogens with one attached hydrogen (secondary N) is 2. The number of H-pyrrole nitrogens is 1. The highest BCUT2D eigenvalue weighted by Gasteiger charge is 2.36. The van der Waals surface area contributed by atoms with Crippen molar-refractivity contribution in [2.75, 3.05) is 44.0 Å². The van der Waals surface area contributed by atoms with Gasteiger partial charge in [0.15, 0.2) is 23.8 Å². The predicted octanol–water partition coefficient (Wildman–Crippen LogP) is 5.72. The Bertz CT molecular complexity index is 2020. The smallest absolute Gasteiger partial charge is 0.434 e. The molecule has 0 unspecified atom stereocenters. The van der Waals surface area contributed by atoms with Gasteiger partial charge in [0.25, 0.3) is 5.91 Å². The maximum Gasteiger partial charge on any atom is 0.434 e. The summed E-state index contributed by atoms with van der Waals surface area (Å²) in [5.74, 6) is 0.651. The maximum atomic E-state index is 14.1. The highest BCUT2D eigenvalue weighted by Crippen LogP contribution is 2.46. The van der Waals surface area contributed by atoms with Crippen molar-refractivity contribution in [3.8, 4) is 17.2 Å². The lowest BCUT2D eigenvalue weighted by molar-refractivity contribution is -0.396. The topological polar surface area (TPSA) is 163 Å². The Labute approximate surface area is 266 Å². The van der Waals surface area contributed by atoms with Crippen LogP contribution in [0.5, 0.6) is 17.2 Å².